The molecule has 1 atom stereocenters. The van der Waals surface area contributed by atoms with Crippen LogP contribution in [-0.2, 0) is 19.1 Å². The number of anilines is 1. The second-order valence-electron chi connectivity index (χ2n) is 5.24. The van der Waals surface area contributed by atoms with Crippen LogP contribution in [0.15, 0.2) is 18.6 Å². The standard InChI is InChI=1S/C13H13ClF3N5/c14-10-3-9(13(15,16)17)5-19-12(10)18-4-8-1-2-11-21-20-7-22(11)6-8/h3,5,7-8H,1-2,4,6H2,(H,18,19)/t8-/m1/s1. The normalized spacial score (nSPS) is 18.1. The van der Waals surface area contributed by atoms with E-state index in [-0.39, 0.29) is 10.8 Å². The van der Waals surface area contributed by atoms with Crippen LogP contribution in [-0.4, -0.2) is 26.3 Å². The SMILES string of the molecule is FC(F)(F)c1cnc(NC[C@H]2CCc3nncn3C2)c(Cl)c1. The number of fused-ring (bicyclic) bond motifs is 1. The number of hydrogen-bond donors (Lipinski definition) is 1. The molecule has 0 unspecified atom stereocenters. The highest BCUT2D eigenvalue weighted by molar-refractivity contribution is 6.32. The van der Waals surface area contributed by atoms with Crippen LogP contribution in [0.4, 0.5) is 19.0 Å². The van der Waals surface area contributed by atoms with Crippen molar-refractivity contribution in [3.05, 3.63) is 35.0 Å². The molecule has 3 heterocycles. The molecule has 0 aliphatic carbocycles. The van der Waals surface area contributed by atoms with Crippen molar-refractivity contribution in [3.63, 3.8) is 0 Å². The first kappa shape index (κ1) is 15.1. The molecule has 1 aliphatic heterocycles. The fourth-order valence-corrected chi connectivity index (χ4v) is 2.69. The molecule has 0 aromatic carbocycles. The van der Waals surface area contributed by atoms with Crippen molar-refractivity contribution >= 4 is 17.4 Å². The molecule has 0 radical (unpaired) electrons. The van der Waals surface area contributed by atoms with E-state index in [1.165, 1.54) is 0 Å². The number of aryl methyl sites for hydroxylation is 1. The first-order chi connectivity index (χ1) is 10.4. The zero-order valence-corrected chi connectivity index (χ0v) is 12.2. The molecule has 2 aromatic heterocycles. The lowest BCUT2D eigenvalue weighted by atomic mass is 9.99. The average molecular weight is 332 g/mol. The summed E-state index contributed by atoms with van der Waals surface area (Å²) < 4.78 is 39.6. The van der Waals surface area contributed by atoms with Gasteiger partial charge in [-0.15, -0.1) is 10.2 Å². The number of nitrogens with zero attached hydrogens (tertiary/aromatic N) is 4. The minimum atomic E-state index is -4.44. The molecular formula is C13H13ClF3N5. The van der Waals surface area contributed by atoms with E-state index in [0.717, 1.165) is 37.5 Å². The van der Waals surface area contributed by atoms with E-state index in [1.807, 2.05) is 4.57 Å². The Kier molecular flexibility index (Phi) is 3.94. The van der Waals surface area contributed by atoms with Crippen molar-refractivity contribution in [3.8, 4) is 0 Å². The Morgan fingerprint density at radius 3 is 2.95 bits per heavy atom. The third-order valence-electron chi connectivity index (χ3n) is 3.65. The van der Waals surface area contributed by atoms with Gasteiger partial charge in [-0.2, -0.15) is 13.2 Å². The van der Waals surface area contributed by atoms with Crippen LogP contribution >= 0.6 is 11.6 Å². The van der Waals surface area contributed by atoms with Gasteiger partial charge in [-0.05, 0) is 18.4 Å². The van der Waals surface area contributed by atoms with Gasteiger partial charge in [-0.3, -0.25) is 0 Å². The van der Waals surface area contributed by atoms with E-state index in [9.17, 15) is 13.2 Å². The predicted molar refractivity (Wildman–Crippen MR) is 74.6 cm³/mol. The van der Waals surface area contributed by atoms with Crippen LogP contribution in [0, 0.1) is 5.92 Å². The summed E-state index contributed by atoms with van der Waals surface area (Å²) in [4.78, 5) is 3.77. The van der Waals surface area contributed by atoms with Crippen LogP contribution in [0.3, 0.4) is 0 Å². The summed E-state index contributed by atoms with van der Waals surface area (Å²) in [7, 11) is 0. The molecule has 0 fully saturated rings. The number of halogens is 4. The zero-order chi connectivity index (χ0) is 15.7. The summed E-state index contributed by atoms with van der Waals surface area (Å²) in [5.41, 5.74) is -0.852. The molecule has 3 rings (SSSR count). The molecule has 1 aliphatic rings. The molecule has 0 saturated heterocycles. The van der Waals surface area contributed by atoms with E-state index in [1.54, 1.807) is 6.33 Å². The lowest BCUT2D eigenvalue weighted by Gasteiger charge is -2.23. The highest BCUT2D eigenvalue weighted by Gasteiger charge is 2.31. The van der Waals surface area contributed by atoms with Gasteiger partial charge in [0.05, 0.1) is 10.6 Å². The Bertz CT molecular complexity index is 670. The molecule has 22 heavy (non-hydrogen) atoms. The Hall–Kier alpha value is -1.83. The van der Waals surface area contributed by atoms with Gasteiger partial charge < -0.3 is 9.88 Å². The van der Waals surface area contributed by atoms with Gasteiger partial charge in [0, 0.05) is 25.7 Å². The summed E-state index contributed by atoms with van der Waals surface area (Å²) >= 11 is 5.87. The van der Waals surface area contributed by atoms with Gasteiger partial charge in [0.15, 0.2) is 0 Å². The van der Waals surface area contributed by atoms with Crippen LogP contribution < -0.4 is 5.32 Å². The molecular weight excluding hydrogens is 319 g/mol. The van der Waals surface area contributed by atoms with Gasteiger partial charge in [0.2, 0.25) is 0 Å². The average Bonchev–Trinajstić information content (AvgIpc) is 2.92. The topological polar surface area (TPSA) is 55.6 Å². The number of aromatic nitrogens is 4. The highest BCUT2D eigenvalue weighted by atomic mass is 35.5. The van der Waals surface area contributed by atoms with Crippen LogP contribution in [0.1, 0.15) is 17.8 Å². The maximum absolute atomic E-state index is 12.6. The Morgan fingerprint density at radius 2 is 2.23 bits per heavy atom. The van der Waals surface area contributed by atoms with E-state index in [0.29, 0.717) is 12.5 Å². The Labute approximate surface area is 129 Å². The van der Waals surface area contributed by atoms with Crippen molar-refractivity contribution in [2.45, 2.75) is 25.6 Å². The van der Waals surface area contributed by atoms with Crippen LogP contribution in [0.25, 0.3) is 0 Å². The third kappa shape index (κ3) is 3.16. The van der Waals surface area contributed by atoms with Crippen molar-refractivity contribution < 1.29 is 13.2 Å². The minimum Gasteiger partial charge on any atom is -0.368 e. The van der Waals surface area contributed by atoms with E-state index in [4.69, 9.17) is 11.6 Å². The predicted octanol–water partition coefficient (Wildman–Crippen LogP) is 3.02. The molecule has 9 heteroatoms. The van der Waals surface area contributed by atoms with E-state index < -0.39 is 11.7 Å². The van der Waals surface area contributed by atoms with Gasteiger partial charge in [-0.1, -0.05) is 11.6 Å². The van der Waals surface area contributed by atoms with Crippen molar-refractivity contribution in [1.82, 2.24) is 19.7 Å². The molecule has 0 spiro atoms. The highest BCUT2D eigenvalue weighted by Crippen LogP contribution is 2.32. The summed E-state index contributed by atoms with van der Waals surface area (Å²) in [5.74, 6) is 1.55. The number of pyridine rings is 1. The molecule has 118 valence electrons. The number of nitrogens with one attached hydrogen (secondary N) is 1. The smallest absolute Gasteiger partial charge is 0.368 e. The first-order valence-electron chi connectivity index (χ1n) is 6.77. The van der Waals surface area contributed by atoms with Gasteiger partial charge in [-0.25, -0.2) is 4.98 Å². The van der Waals surface area contributed by atoms with Crippen LogP contribution in [0.2, 0.25) is 5.02 Å². The van der Waals surface area contributed by atoms with Gasteiger partial charge in [0.25, 0.3) is 0 Å². The maximum atomic E-state index is 12.6. The number of alkyl halides is 3. The summed E-state index contributed by atoms with van der Waals surface area (Å²) in [6.45, 7) is 1.35. The molecule has 5 nitrogen and oxygen atoms in total. The quantitative estimate of drug-likeness (QED) is 0.939. The Morgan fingerprint density at radius 1 is 1.41 bits per heavy atom. The summed E-state index contributed by atoms with van der Waals surface area (Å²) in [6.07, 6.45) is -0.203. The van der Waals surface area contributed by atoms with Crippen molar-refractivity contribution in [2.75, 3.05) is 11.9 Å². The minimum absolute atomic E-state index is 0.0318. The van der Waals surface area contributed by atoms with Gasteiger partial charge in [0.1, 0.15) is 18.0 Å². The lowest BCUT2D eigenvalue weighted by Crippen LogP contribution is -2.26. The van der Waals surface area contributed by atoms with Crippen LogP contribution in [0.5, 0.6) is 0 Å². The number of hydrogen-bond acceptors (Lipinski definition) is 4. The molecule has 0 amide bonds. The fraction of sp³-hybridized carbons (Fsp3) is 0.462. The van der Waals surface area contributed by atoms with Gasteiger partial charge >= 0.3 is 6.18 Å². The summed E-state index contributed by atoms with van der Waals surface area (Å²) in [6, 6.07) is 0.885. The van der Waals surface area contributed by atoms with Crippen molar-refractivity contribution in [2.24, 2.45) is 5.92 Å². The molecule has 2 aromatic rings. The third-order valence-corrected chi connectivity index (χ3v) is 3.94. The molecule has 1 N–H and O–H groups in total. The molecule has 0 bridgehead atoms. The zero-order valence-electron chi connectivity index (χ0n) is 11.4. The number of rotatable bonds is 3. The largest absolute Gasteiger partial charge is 0.417 e. The first-order valence-corrected chi connectivity index (χ1v) is 7.14. The second kappa shape index (κ2) is 5.75. The van der Waals surface area contributed by atoms with E-state index in [2.05, 4.69) is 20.5 Å². The monoisotopic (exact) mass is 331 g/mol. The van der Waals surface area contributed by atoms with Crippen molar-refractivity contribution in [1.29, 1.82) is 0 Å². The van der Waals surface area contributed by atoms with E-state index >= 15 is 0 Å². The summed E-state index contributed by atoms with van der Waals surface area (Å²) in [5, 5.41) is 10.9. The molecule has 0 saturated carbocycles. The second-order valence-corrected chi connectivity index (χ2v) is 5.64. The Balaban J connectivity index is 1.63. The fourth-order valence-electron chi connectivity index (χ4n) is 2.46. The lowest BCUT2D eigenvalue weighted by molar-refractivity contribution is -0.137. The maximum Gasteiger partial charge on any atom is 0.417 e.